The molecule has 0 heterocycles. The van der Waals surface area contributed by atoms with Crippen LogP contribution in [0.3, 0.4) is 0 Å². The minimum Gasteiger partial charge on any atom is -0.392 e. The minimum absolute atomic E-state index is 0.00399. The van der Waals surface area contributed by atoms with E-state index in [-0.39, 0.29) is 11.5 Å². The largest absolute Gasteiger partial charge is 0.392 e. The van der Waals surface area contributed by atoms with Crippen molar-refractivity contribution in [2.45, 2.75) is 44.6 Å². The van der Waals surface area contributed by atoms with Crippen molar-refractivity contribution in [3.63, 3.8) is 0 Å². The Kier molecular flexibility index (Phi) is 3.39. The van der Waals surface area contributed by atoms with Crippen molar-refractivity contribution in [1.82, 2.24) is 0 Å². The molecule has 1 aliphatic carbocycles. The number of aryl methyl sites for hydroxylation is 2. The predicted molar refractivity (Wildman–Crippen MR) is 83.0 cm³/mol. The van der Waals surface area contributed by atoms with Crippen molar-refractivity contribution in [1.29, 1.82) is 0 Å². The Morgan fingerprint density at radius 2 is 1.55 bits per heavy atom. The van der Waals surface area contributed by atoms with Crippen LogP contribution in [0.1, 0.15) is 35.1 Å². The lowest BCUT2D eigenvalue weighted by Gasteiger charge is -2.24. The molecular formula is C19H22O. The zero-order valence-corrected chi connectivity index (χ0v) is 12.3. The molecule has 104 valence electrons. The van der Waals surface area contributed by atoms with Crippen LogP contribution in [0.15, 0.2) is 48.5 Å². The van der Waals surface area contributed by atoms with Gasteiger partial charge in [0, 0.05) is 5.41 Å². The Morgan fingerprint density at radius 3 is 2.10 bits per heavy atom. The van der Waals surface area contributed by atoms with Gasteiger partial charge in [-0.1, -0.05) is 48.5 Å². The van der Waals surface area contributed by atoms with E-state index >= 15 is 0 Å². The number of hydrogen-bond donors (Lipinski definition) is 1. The van der Waals surface area contributed by atoms with Crippen molar-refractivity contribution < 1.29 is 5.11 Å². The normalized spacial score (nSPS) is 17.8. The summed E-state index contributed by atoms with van der Waals surface area (Å²) in [7, 11) is 0. The van der Waals surface area contributed by atoms with E-state index in [1.165, 1.54) is 22.3 Å². The summed E-state index contributed by atoms with van der Waals surface area (Å²) in [6.45, 7) is 4.27. The second-order valence-corrected chi connectivity index (χ2v) is 6.11. The summed E-state index contributed by atoms with van der Waals surface area (Å²) in [6, 6.07) is 16.8. The van der Waals surface area contributed by atoms with Crippen LogP contribution in [-0.4, -0.2) is 11.2 Å². The first-order chi connectivity index (χ1) is 9.63. The Balaban J connectivity index is 1.85. The molecule has 1 aliphatic rings. The van der Waals surface area contributed by atoms with Crippen LogP contribution in [-0.2, 0) is 11.8 Å². The number of aliphatic hydroxyl groups excluding tert-OH is 1. The fourth-order valence-corrected chi connectivity index (χ4v) is 3.28. The molecule has 20 heavy (non-hydrogen) atoms. The Hall–Kier alpha value is -1.60. The van der Waals surface area contributed by atoms with Gasteiger partial charge >= 0.3 is 0 Å². The summed E-state index contributed by atoms with van der Waals surface area (Å²) in [5.41, 5.74) is 5.16. The first-order valence-corrected chi connectivity index (χ1v) is 7.42. The smallest absolute Gasteiger partial charge is 0.0677 e. The van der Waals surface area contributed by atoms with E-state index < -0.39 is 0 Å². The molecule has 0 amide bonds. The van der Waals surface area contributed by atoms with E-state index in [0.717, 1.165) is 19.3 Å². The molecule has 0 saturated heterocycles. The van der Waals surface area contributed by atoms with E-state index in [1.54, 1.807) is 0 Å². The van der Waals surface area contributed by atoms with Gasteiger partial charge in [-0.05, 0) is 55.4 Å². The molecule has 0 radical (unpaired) electrons. The average molecular weight is 266 g/mol. The molecule has 3 rings (SSSR count). The highest BCUT2D eigenvalue weighted by molar-refractivity contribution is 5.38. The molecule has 0 aromatic heterocycles. The second kappa shape index (κ2) is 5.06. The summed E-state index contributed by atoms with van der Waals surface area (Å²) in [5.74, 6) is 0. The van der Waals surface area contributed by atoms with E-state index in [9.17, 15) is 5.11 Å². The maximum absolute atomic E-state index is 10.8. The van der Waals surface area contributed by atoms with Crippen molar-refractivity contribution in [3.05, 3.63) is 70.8 Å². The average Bonchev–Trinajstić information content (AvgIpc) is 3.25. The lowest BCUT2D eigenvalue weighted by Crippen LogP contribution is -2.28. The molecule has 2 aromatic carbocycles. The van der Waals surface area contributed by atoms with Crippen LogP contribution in [0.4, 0.5) is 0 Å². The highest BCUT2D eigenvalue weighted by Gasteiger charge is 2.50. The van der Waals surface area contributed by atoms with Crippen LogP contribution in [0.2, 0.25) is 0 Å². The Morgan fingerprint density at radius 1 is 0.950 bits per heavy atom. The number of benzene rings is 2. The summed E-state index contributed by atoms with van der Waals surface area (Å²) in [4.78, 5) is 0. The van der Waals surface area contributed by atoms with Crippen molar-refractivity contribution >= 4 is 0 Å². The zero-order valence-electron chi connectivity index (χ0n) is 12.3. The molecule has 1 saturated carbocycles. The molecule has 1 fully saturated rings. The van der Waals surface area contributed by atoms with Gasteiger partial charge in [0.25, 0.3) is 0 Å². The molecule has 1 unspecified atom stereocenters. The number of aliphatic hydroxyl groups is 1. The zero-order chi connectivity index (χ0) is 14.2. The number of hydrogen-bond acceptors (Lipinski definition) is 1. The molecule has 0 bridgehead atoms. The van der Waals surface area contributed by atoms with Gasteiger partial charge in [0.15, 0.2) is 0 Å². The van der Waals surface area contributed by atoms with Gasteiger partial charge in [-0.15, -0.1) is 0 Å². The van der Waals surface area contributed by atoms with E-state index in [0.29, 0.717) is 0 Å². The maximum Gasteiger partial charge on any atom is 0.0677 e. The van der Waals surface area contributed by atoms with Crippen LogP contribution >= 0.6 is 0 Å². The first-order valence-electron chi connectivity index (χ1n) is 7.42. The topological polar surface area (TPSA) is 20.2 Å². The highest BCUT2D eigenvalue weighted by atomic mass is 16.3. The van der Waals surface area contributed by atoms with Gasteiger partial charge in [0.2, 0.25) is 0 Å². The summed E-state index contributed by atoms with van der Waals surface area (Å²) in [6.07, 6.45) is 2.67. The Labute approximate surface area is 121 Å². The van der Waals surface area contributed by atoms with Gasteiger partial charge in [-0.2, -0.15) is 0 Å². The van der Waals surface area contributed by atoms with Crippen molar-refractivity contribution in [2.75, 3.05) is 0 Å². The molecule has 1 heteroatoms. The molecular weight excluding hydrogens is 244 g/mol. The SMILES string of the molecule is Cc1cccc(C)c1CC(O)C1(c2ccccc2)CC1. The van der Waals surface area contributed by atoms with Crippen LogP contribution in [0.25, 0.3) is 0 Å². The lowest BCUT2D eigenvalue weighted by molar-refractivity contribution is 0.131. The minimum atomic E-state index is -0.287. The first kappa shape index (κ1) is 13.4. The highest BCUT2D eigenvalue weighted by Crippen LogP contribution is 2.51. The van der Waals surface area contributed by atoms with Crippen LogP contribution < -0.4 is 0 Å². The fraction of sp³-hybridized carbons (Fsp3) is 0.368. The standard InChI is InChI=1S/C19H22O/c1-14-7-6-8-15(2)17(14)13-18(20)19(11-12-19)16-9-4-3-5-10-16/h3-10,18,20H,11-13H2,1-2H3. The van der Waals surface area contributed by atoms with Gasteiger partial charge in [0.05, 0.1) is 6.10 Å². The molecule has 1 N–H and O–H groups in total. The third-order valence-electron chi connectivity index (χ3n) is 4.82. The van der Waals surface area contributed by atoms with Crippen molar-refractivity contribution in [3.8, 4) is 0 Å². The van der Waals surface area contributed by atoms with Gasteiger partial charge < -0.3 is 5.11 Å². The van der Waals surface area contributed by atoms with E-state index in [4.69, 9.17) is 0 Å². The second-order valence-electron chi connectivity index (χ2n) is 6.11. The summed E-state index contributed by atoms with van der Waals surface area (Å²) < 4.78 is 0. The van der Waals surface area contributed by atoms with Crippen LogP contribution in [0, 0.1) is 13.8 Å². The van der Waals surface area contributed by atoms with Crippen molar-refractivity contribution in [2.24, 2.45) is 0 Å². The third-order valence-corrected chi connectivity index (χ3v) is 4.82. The fourth-order valence-electron chi connectivity index (χ4n) is 3.28. The van der Waals surface area contributed by atoms with E-state index in [2.05, 4.69) is 56.3 Å². The molecule has 0 spiro atoms. The predicted octanol–water partition coefficient (Wildman–Crippen LogP) is 3.94. The van der Waals surface area contributed by atoms with E-state index in [1.807, 2.05) is 6.07 Å². The summed E-state index contributed by atoms with van der Waals surface area (Å²) >= 11 is 0. The monoisotopic (exact) mass is 266 g/mol. The third kappa shape index (κ3) is 2.27. The van der Waals surface area contributed by atoms with Gasteiger partial charge in [-0.3, -0.25) is 0 Å². The van der Waals surface area contributed by atoms with Gasteiger partial charge in [0.1, 0.15) is 0 Å². The molecule has 1 atom stereocenters. The van der Waals surface area contributed by atoms with Gasteiger partial charge in [-0.25, -0.2) is 0 Å². The molecule has 0 aliphatic heterocycles. The maximum atomic E-state index is 10.8. The Bertz CT molecular complexity index is 576. The number of rotatable bonds is 4. The molecule has 1 nitrogen and oxygen atoms in total. The molecule has 2 aromatic rings. The van der Waals surface area contributed by atoms with Crippen LogP contribution in [0.5, 0.6) is 0 Å². The summed E-state index contributed by atoms with van der Waals surface area (Å²) in [5, 5.41) is 10.8. The lowest BCUT2D eigenvalue weighted by atomic mass is 9.85. The quantitative estimate of drug-likeness (QED) is 0.888.